The third-order valence-electron chi connectivity index (χ3n) is 2.76. The Morgan fingerprint density at radius 3 is 2.50 bits per heavy atom. The Hall–Kier alpha value is -2.34. The first-order chi connectivity index (χ1) is 9.52. The fourth-order valence-electron chi connectivity index (χ4n) is 1.66. The molecule has 0 aliphatic carbocycles. The van der Waals surface area contributed by atoms with E-state index in [2.05, 4.69) is 5.32 Å². The summed E-state index contributed by atoms with van der Waals surface area (Å²) in [6.07, 6.45) is 0. The van der Waals surface area contributed by atoms with Gasteiger partial charge in [0.15, 0.2) is 0 Å². The van der Waals surface area contributed by atoms with Gasteiger partial charge in [-0.15, -0.1) is 11.3 Å². The van der Waals surface area contributed by atoms with E-state index in [1.807, 2.05) is 6.92 Å². The van der Waals surface area contributed by atoms with Gasteiger partial charge in [-0.2, -0.15) is 0 Å². The molecule has 5 nitrogen and oxygen atoms in total. The van der Waals surface area contributed by atoms with Crippen molar-refractivity contribution in [3.8, 4) is 0 Å². The molecule has 6 heteroatoms. The Morgan fingerprint density at radius 1 is 1.25 bits per heavy atom. The highest BCUT2D eigenvalue weighted by Gasteiger charge is 2.19. The summed E-state index contributed by atoms with van der Waals surface area (Å²) >= 11 is 1.24. The minimum Gasteiger partial charge on any atom is -0.465 e. The Balaban J connectivity index is 2.26. The molecule has 0 aliphatic rings. The molecular weight excluding hydrogens is 276 g/mol. The molecule has 0 spiro atoms. The second-order valence-corrected chi connectivity index (χ2v) is 5.07. The largest absolute Gasteiger partial charge is 0.465 e. The van der Waals surface area contributed by atoms with Gasteiger partial charge in [-0.3, -0.25) is 4.79 Å². The van der Waals surface area contributed by atoms with Gasteiger partial charge < -0.3 is 15.8 Å². The first-order valence-electron chi connectivity index (χ1n) is 5.86. The Labute approximate surface area is 120 Å². The van der Waals surface area contributed by atoms with Crippen LogP contribution in [-0.4, -0.2) is 19.0 Å². The van der Waals surface area contributed by atoms with E-state index in [0.717, 1.165) is 5.56 Å². The molecule has 1 heterocycles. The fourth-order valence-corrected chi connectivity index (χ4v) is 2.58. The average Bonchev–Trinajstić information content (AvgIpc) is 2.80. The van der Waals surface area contributed by atoms with Crippen molar-refractivity contribution < 1.29 is 14.3 Å². The van der Waals surface area contributed by atoms with E-state index in [-0.39, 0.29) is 5.91 Å². The normalized spacial score (nSPS) is 10.1. The van der Waals surface area contributed by atoms with Gasteiger partial charge in [0.25, 0.3) is 5.91 Å². The summed E-state index contributed by atoms with van der Waals surface area (Å²) in [6.45, 7) is 1.82. The van der Waals surface area contributed by atoms with Crippen molar-refractivity contribution in [2.45, 2.75) is 6.92 Å². The number of esters is 1. The molecule has 0 saturated heterocycles. The molecule has 104 valence electrons. The van der Waals surface area contributed by atoms with Crippen molar-refractivity contribution in [1.82, 2.24) is 0 Å². The molecule has 1 amide bonds. The number of methoxy groups -OCH3 is 1. The second kappa shape index (κ2) is 5.75. The molecule has 0 bridgehead atoms. The fraction of sp³-hybridized carbons (Fsp3) is 0.143. The van der Waals surface area contributed by atoms with E-state index in [1.54, 1.807) is 29.6 Å². The van der Waals surface area contributed by atoms with Crippen LogP contribution in [0.4, 0.5) is 11.4 Å². The van der Waals surface area contributed by atoms with Crippen LogP contribution in [0.3, 0.4) is 0 Å². The van der Waals surface area contributed by atoms with E-state index in [9.17, 15) is 9.59 Å². The number of ether oxygens (including phenoxy) is 1. The molecule has 1 aromatic carbocycles. The van der Waals surface area contributed by atoms with Crippen molar-refractivity contribution in [2.24, 2.45) is 0 Å². The van der Waals surface area contributed by atoms with Gasteiger partial charge in [0.05, 0.1) is 12.8 Å². The zero-order valence-electron chi connectivity index (χ0n) is 11.1. The van der Waals surface area contributed by atoms with Crippen molar-refractivity contribution >= 4 is 34.6 Å². The lowest BCUT2D eigenvalue weighted by Crippen LogP contribution is -2.14. The molecule has 0 radical (unpaired) electrons. The molecule has 2 aromatic rings. The molecule has 0 atom stereocenters. The van der Waals surface area contributed by atoms with Gasteiger partial charge >= 0.3 is 5.97 Å². The van der Waals surface area contributed by atoms with Gasteiger partial charge in [0, 0.05) is 11.3 Å². The molecule has 0 fully saturated rings. The van der Waals surface area contributed by atoms with E-state index in [1.165, 1.54) is 18.4 Å². The van der Waals surface area contributed by atoms with Crippen LogP contribution in [0.1, 0.15) is 25.6 Å². The van der Waals surface area contributed by atoms with E-state index < -0.39 is 5.97 Å². The van der Waals surface area contributed by atoms with Gasteiger partial charge in [0.1, 0.15) is 4.88 Å². The number of amides is 1. The van der Waals surface area contributed by atoms with Crippen LogP contribution in [0.15, 0.2) is 29.6 Å². The number of rotatable bonds is 3. The van der Waals surface area contributed by atoms with Crippen molar-refractivity contribution in [3.63, 3.8) is 0 Å². The number of nitrogens with one attached hydrogen (secondary N) is 1. The monoisotopic (exact) mass is 290 g/mol. The molecule has 3 N–H and O–H groups in total. The SMILES string of the molecule is COC(=O)c1scc(C)c1NC(=O)c1ccc(N)cc1. The van der Waals surface area contributed by atoms with Crippen molar-refractivity contribution in [3.05, 3.63) is 45.6 Å². The third-order valence-corrected chi connectivity index (χ3v) is 3.84. The minimum atomic E-state index is -0.462. The summed E-state index contributed by atoms with van der Waals surface area (Å²) in [7, 11) is 1.31. The van der Waals surface area contributed by atoms with Crippen LogP contribution >= 0.6 is 11.3 Å². The van der Waals surface area contributed by atoms with Gasteiger partial charge in [-0.1, -0.05) is 0 Å². The third kappa shape index (κ3) is 2.80. The number of thiophene rings is 1. The lowest BCUT2D eigenvalue weighted by Gasteiger charge is -2.07. The van der Waals surface area contributed by atoms with Gasteiger partial charge in [0.2, 0.25) is 0 Å². The lowest BCUT2D eigenvalue weighted by molar-refractivity contribution is 0.0607. The first kappa shape index (κ1) is 14.1. The highest BCUT2D eigenvalue weighted by Crippen LogP contribution is 2.28. The zero-order chi connectivity index (χ0) is 14.7. The Kier molecular flexibility index (Phi) is 4.05. The van der Waals surface area contributed by atoms with Gasteiger partial charge in [-0.05, 0) is 42.1 Å². The van der Waals surface area contributed by atoms with Crippen LogP contribution in [0.5, 0.6) is 0 Å². The predicted molar refractivity (Wildman–Crippen MR) is 79.2 cm³/mol. The Bertz CT molecular complexity index is 647. The standard InChI is InChI=1S/C14H14N2O3S/c1-8-7-20-12(14(18)19-2)11(8)16-13(17)9-3-5-10(15)6-4-9/h3-7H,15H2,1-2H3,(H,16,17). The molecule has 20 heavy (non-hydrogen) atoms. The summed E-state index contributed by atoms with van der Waals surface area (Å²) in [5.74, 6) is -0.757. The number of carbonyl (C=O) groups is 2. The number of carbonyl (C=O) groups excluding carboxylic acids is 2. The van der Waals surface area contributed by atoms with Gasteiger partial charge in [-0.25, -0.2) is 4.79 Å². The molecular formula is C14H14N2O3S. The number of nitrogen functional groups attached to an aromatic ring is 1. The van der Waals surface area contributed by atoms with Crippen LogP contribution in [0, 0.1) is 6.92 Å². The Morgan fingerprint density at radius 2 is 1.90 bits per heavy atom. The summed E-state index contributed by atoms with van der Waals surface area (Å²) in [6, 6.07) is 6.56. The minimum absolute atomic E-state index is 0.295. The van der Waals surface area contributed by atoms with Crippen molar-refractivity contribution in [1.29, 1.82) is 0 Å². The van der Waals surface area contributed by atoms with E-state index >= 15 is 0 Å². The summed E-state index contributed by atoms with van der Waals surface area (Å²) in [5.41, 5.74) is 7.95. The number of hydrogen-bond donors (Lipinski definition) is 2. The van der Waals surface area contributed by atoms with Crippen LogP contribution in [0.2, 0.25) is 0 Å². The average molecular weight is 290 g/mol. The summed E-state index contributed by atoms with van der Waals surface area (Å²) < 4.78 is 4.70. The maximum atomic E-state index is 12.1. The highest BCUT2D eigenvalue weighted by molar-refractivity contribution is 7.12. The number of nitrogens with two attached hydrogens (primary N) is 1. The molecule has 2 rings (SSSR count). The van der Waals surface area contributed by atoms with E-state index in [0.29, 0.717) is 21.8 Å². The maximum absolute atomic E-state index is 12.1. The molecule has 1 aromatic heterocycles. The lowest BCUT2D eigenvalue weighted by atomic mass is 10.2. The van der Waals surface area contributed by atoms with Crippen LogP contribution in [-0.2, 0) is 4.74 Å². The second-order valence-electron chi connectivity index (χ2n) is 4.19. The number of anilines is 2. The molecule has 0 saturated carbocycles. The first-order valence-corrected chi connectivity index (χ1v) is 6.74. The predicted octanol–water partition coefficient (Wildman–Crippen LogP) is 2.68. The quantitative estimate of drug-likeness (QED) is 0.672. The molecule has 0 unspecified atom stereocenters. The number of hydrogen-bond acceptors (Lipinski definition) is 5. The maximum Gasteiger partial charge on any atom is 0.350 e. The summed E-state index contributed by atoms with van der Waals surface area (Å²) in [4.78, 5) is 24.2. The molecule has 0 aliphatic heterocycles. The topological polar surface area (TPSA) is 81.4 Å². The van der Waals surface area contributed by atoms with E-state index in [4.69, 9.17) is 10.5 Å². The zero-order valence-corrected chi connectivity index (χ0v) is 11.9. The van der Waals surface area contributed by atoms with Crippen molar-refractivity contribution in [2.75, 3.05) is 18.2 Å². The number of aryl methyl sites for hydroxylation is 1. The highest BCUT2D eigenvalue weighted by atomic mass is 32.1. The van der Waals surface area contributed by atoms with Crippen LogP contribution in [0.25, 0.3) is 0 Å². The summed E-state index contributed by atoms with van der Waals surface area (Å²) in [5, 5.41) is 4.54. The smallest absolute Gasteiger partial charge is 0.350 e. The number of benzene rings is 1. The van der Waals surface area contributed by atoms with Crippen LogP contribution < -0.4 is 11.1 Å².